The molecule has 2 saturated heterocycles. The van der Waals surface area contributed by atoms with Gasteiger partial charge in [-0.2, -0.15) is 4.31 Å². The first kappa shape index (κ1) is 22.8. The molecule has 0 radical (unpaired) electrons. The van der Waals surface area contributed by atoms with Gasteiger partial charge < -0.3 is 10.2 Å². The summed E-state index contributed by atoms with van der Waals surface area (Å²) in [5, 5.41) is 3.37. The van der Waals surface area contributed by atoms with Crippen molar-refractivity contribution in [1.82, 2.24) is 9.21 Å². The number of carbonyl (C=O) groups excluding carboxylic acids is 2. The number of hydrogen-bond donors (Lipinski definition) is 1. The summed E-state index contributed by atoms with van der Waals surface area (Å²) in [5.41, 5.74) is 1.14. The molecular weight excluding hydrogens is 450 g/mol. The van der Waals surface area contributed by atoms with Crippen molar-refractivity contribution in [2.75, 3.05) is 31.5 Å². The van der Waals surface area contributed by atoms with E-state index in [2.05, 4.69) is 5.32 Å². The van der Waals surface area contributed by atoms with Crippen molar-refractivity contribution in [3.05, 3.63) is 59.1 Å². The Morgan fingerprint density at radius 2 is 1.59 bits per heavy atom. The number of hydrogen-bond acceptors (Lipinski definition) is 4. The number of nitrogens with zero attached hydrogens (tertiary/aromatic N) is 2. The molecule has 2 aliphatic rings. The first-order valence-corrected chi connectivity index (χ1v) is 12.6. The number of anilines is 1. The Morgan fingerprint density at radius 3 is 2.25 bits per heavy atom. The summed E-state index contributed by atoms with van der Waals surface area (Å²) in [6.45, 7) is 2.09. The number of carbonyl (C=O) groups is 2. The quantitative estimate of drug-likeness (QED) is 0.715. The molecule has 4 rings (SSSR count). The standard InChI is InChI=1S/C23H26ClN3O4S/c24-19-6-8-21(9-7-19)32(30,31)27-14-10-17(11-15-27)22(28)25-20-5-3-4-18(16-20)23(29)26-12-1-2-13-26/h3-9,16-17H,1-2,10-15H2,(H,25,28). The Bertz CT molecular complexity index is 1090. The lowest BCUT2D eigenvalue weighted by Gasteiger charge is -2.30. The number of benzene rings is 2. The van der Waals surface area contributed by atoms with Crippen LogP contribution in [0.5, 0.6) is 0 Å². The Kier molecular flexibility index (Phi) is 6.83. The molecule has 9 heteroatoms. The van der Waals surface area contributed by atoms with Crippen molar-refractivity contribution >= 4 is 39.1 Å². The highest BCUT2D eigenvalue weighted by molar-refractivity contribution is 7.89. The molecule has 2 heterocycles. The molecule has 0 aromatic heterocycles. The maximum atomic E-state index is 12.8. The smallest absolute Gasteiger partial charge is 0.253 e. The van der Waals surface area contributed by atoms with E-state index in [1.807, 2.05) is 4.90 Å². The fourth-order valence-electron chi connectivity index (χ4n) is 4.19. The minimum Gasteiger partial charge on any atom is -0.339 e. The van der Waals surface area contributed by atoms with E-state index >= 15 is 0 Å². The van der Waals surface area contributed by atoms with Gasteiger partial charge in [0.05, 0.1) is 4.90 Å². The van der Waals surface area contributed by atoms with Crippen LogP contribution in [-0.2, 0) is 14.8 Å². The lowest BCUT2D eigenvalue weighted by molar-refractivity contribution is -0.120. The average molecular weight is 476 g/mol. The third kappa shape index (κ3) is 4.98. The molecule has 2 amide bonds. The summed E-state index contributed by atoms with van der Waals surface area (Å²) in [7, 11) is -3.61. The Balaban J connectivity index is 1.35. The third-order valence-corrected chi connectivity index (χ3v) is 8.21. The fraction of sp³-hybridized carbons (Fsp3) is 0.391. The van der Waals surface area contributed by atoms with Crippen LogP contribution in [0.15, 0.2) is 53.4 Å². The zero-order valence-corrected chi connectivity index (χ0v) is 19.2. The minimum atomic E-state index is -3.61. The molecule has 0 saturated carbocycles. The van der Waals surface area contributed by atoms with Crippen LogP contribution in [0.1, 0.15) is 36.0 Å². The second-order valence-corrected chi connectivity index (χ2v) is 10.6. The summed E-state index contributed by atoms with van der Waals surface area (Å²) in [5.74, 6) is -0.455. The summed E-state index contributed by atoms with van der Waals surface area (Å²) in [4.78, 5) is 27.4. The van der Waals surface area contributed by atoms with Crippen LogP contribution in [0.25, 0.3) is 0 Å². The van der Waals surface area contributed by atoms with Crippen LogP contribution in [0.2, 0.25) is 5.02 Å². The van der Waals surface area contributed by atoms with E-state index in [0.29, 0.717) is 29.1 Å². The highest BCUT2D eigenvalue weighted by atomic mass is 35.5. The molecule has 0 aliphatic carbocycles. The van der Waals surface area contributed by atoms with Gasteiger partial charge in [0.2, 0.25) is 15.9 Å². The second kappa shape index (κ2) is 9.60. The van der Waals surface area contributed by atoms with Gasteiger partial charge in [0, 0.05) is 48.4 Å². The van der Waals surface area contributed by atoms with Crippen LogP contribution in [0, 0.1) is 5.92 Å². The number of sulfonamides is 1. The van der Waals surface area contributed by atoms with E-state index in [0.717, 1.165) is 25.9 Å². The van der Waals surface area contributed by atoms with E-state index in [-0.39, 0.29) is 35.7 Å². The van der Waals surface area contributed by atoms with Crippen LogP contribution in [0.4, 0.5) is 5.69 Å². The Hall–Kier alpha value is -2.42. The van der Waals surface area contributed by atoms with Crippen LogP contribution < -0.4 is 5.32 Å². The monoisotopic (exact) mass is 475 g/mol. The first-order chi connectivity index (χ1) is 15.3. The van der Waals surface area contributed by atoms with Crippen LogP contribution >= 0.6 is 11.6 Å². The molecule has 170 valence electrons. The zero-order valence-electron chi connectivity index (χ0n) is 17.7. The molecule has 32 heavy (non-hydrogen) atoms. The molecule has 1 N–H and O–H groups in total. The average Bonchev–Trinajstić information content (AvgIpc) is 3.34. The van der Waals surface area contributed by atoms with Crippen LogP contribution in [-0.4, -0.2) is 55.6 Å². The highest BCUT2D eigenvalue weighted by Crippen LogP contribution is 2.26. The Morgan fingerprint density at radius 1 is 0.938 bits per heavy atom. The minimum absolute atomic E-state index is 0.0145. The zero-order chi connectivity index (χ0) is 22.7. The van der Waals surface area contributed by atoms with Crippen molar-refractivity contribution in [1.29, 1.82) is 0 Å². The van der Waals surface area contributed by atoms with Gasteiger partial charge in [-0.3, -0.25) is 9.59 Å². The van der Waals surface area contributed by atoms with E-state index in [1.54, 1.807) is 36.4 Å². The van der Waals surface area contributed by atoms with Gasteiger partial charge in [0.1, 0.15) is 0 Å². The molecule has 0 bridgehead atoms. The van der Waals surface area contributed by atoms with E-state index in [9.17, 15) is 18.0 Å². The fourth-order valence-corrected chi connectivity index (χ4v) is 5.79. The van der Waals surface area contributed by atoms with Crippen molar-refractivity contribution < 1.29 is 18.0 Å². The van der Waals surface area contributed by atoms with Gasteiger partial charge in [0.15, 0.2) is 0 Å². The van der Waals surface area contributed by atoms with Gasteiger partial charge in [-0.25, -0.2) is 8.42 Å². The van der Waals surface area contributed by atoms with Crippen molar-refractivity contribution in [3.63, 3.8) is 0 Å². The lowest BCUT2D eigenvalue weighted by Crippen LogP contribution is -2.41. The highest BCUT2D eigenvalue weighted by Gasteiger charge is 2.32. The number of amides is 2. The summed E-state index contributed by atoms with van der Waals surface area (Å²) in [6, 6.07) is 13.1. The molecule has 2 aromatic rings. The van der Waals surface area contributed by atoms with Gasteiger partial charge in [-0.1, -0.05) is 17.7 Å². The first-order valence-electron chi connectivity index (χ1n) is 10.8. The predicted molar refractivity (Wildman–Crippen MR) is 123 cm³/mol. The molecule has 2 aliphatic heterocycles. The van der Waals surface area contributed by atoms with Crippen molar-refractivity contribution in [2.24, 2.45) is 5.92 Å². The molecular formula is C23H26ClN3O4S. The summed E-state index contributed by atoms with van der Waals surface area (Å²) < 4.78 is 27.1. The second-order valence-electron chi connectivity index (χ2n) is 8.20. The van der Waals surface area contributed by atoms with Crippen molar-refractivity contribution in [2.45, 2.75) is 30.6 Å². The van der Waals surface area contributed by atoms with E-state index < -0.39 is 10.0 Å². The Labute approximate surface area is 193 Å². The SMILES string of the molecule is O=C(Nc1cccc(C(=O)N2CCCC2)c1)C1CCN(S(=O)(=O)c2ccc(Cl)cc2)CC1. The number of piperidine rings is 1. The van der Waals surface area contributed by atoms with E-state index in [4.69, 9.17) is 11.6 Å². The largest absolute Gasteiger partial charge is 0.339 e. The number of rotatable bonds is 5. The molecule has 2 aromatic carbocycles. The maximum Gasteiger partial charge on any atom is 0.253 e. The van der Waals surface area contributed by atoms with Gasteiger partial charge in [0.25, 0.3) is 5.91 Å². The van der Waals surface area contributed by atoms with E-state index in [1.165, 1.54) is 16.4 Å². The van der Waals surface area contributed by atoms with Gasteiger partial charge in [-0.05, 0) is 68.1 Å². The third-order valence-electron chi connectivity index (χ3n) is 6.05. The summed E-state index contributed by atoms with van der Waals surface area (Å²) >= 11 is 5.85. The molecule has 0 unspecified atom stereocenters. The predicted octanol–water partition coefficient (Wildman–Crippen LogP) is 3.62. The van der Waals surface area contributed by atoms with Gasteiger partial charge >= 0.3 is 0 Å². The van der Waals surface area contributed by atoms with Gasteiger partial charge in [-0.15, -0.1) is 0 Å². The number of halogens is 1. The molecule has 2 fully saturated rings. The number of likely N-dealkylation sites (tertiary alicyclic amines) is 1. The molecule has 0 spiro atoms. The normalized spacial score (nSPS) is 18.0. The van der Waals surface area contributed by atoms with Crippen LogP contribution in [0.3, 0.4) is 0 Å². The summed E-state index contributed by atoms with van der Waals surface area (Å²) in [6.07, 6.45) is 2.92. The lowest BCUT2D eigenvalue weighted by atomic mass is 9.97. The topological polar surface area (TPSA) is 86.8 Å². The molecule has 0 atom stereocenters. The maximum absolute atomic E-state index is 12.8. The van der Waals surface area contributed by atoms with Crippen molar-refractivity contribution in [3.8, 4) is 0 Å². The molecule has 7 nitrogen and oxygen atoms in total. The number of nitrogens with one attached hydrogen (secondary N) is 1.